The van der Waals surface area contributed by atoms with E-state index in [1.807, 2.05) is 0 Å². The lowest BCUT2D eigenvalue weighted by Crippen LogP contribution is -2.00. The minimum absolute atomic E-state index is 0.106. The fourth-order valence-corrected chi connectivity index (χ4v) is 1.12. The molecule has 1 rings (SSSR count). The molecule has 0 radical (unpaired) electrons. The normalized spacial score (nSPS) is 9.62. The second-order valence-electron chi connectivity index (χ2n) is 2.82. The third-order valence-corrected chi connectivity index (χ3v) is 1.82. The van der Waals surface area contributed by atoms with Crippen LogP contribution in [-0.4, -0.2) is 6.54 Å². The molecule has 0 unspecified atom stereocenters. The summed E-state index contributed by atoms with van der Waals surface area (Å²) in [4.78, 5) is 0. The third kappa shape index (κ3) is 2.53. The van der Waals surface area contributed by atoms with Crippen molar-refractivity contribution in [2.75, 3.05) is 6.54 Å². The monoisotopic (exact) mass is 178 g/mol. The standard InChI is InChI=1S/C10H11FN2/c11-10-4-3-8(2-1-5-12)6-9(10)7-13/h3-4,6H,1-2,5,12H2. The molecular formula is C10H11FN2. The maximum Gasteiger partial charge on any atom is 0.140 e. The second kappa shape index (κ2) is 4.58. The van der Waals surface area contributed by atoms with E-state index < -0.39 is 5.82 Å². The Morgan fingerprint density at radius 1 is 1.46 bits per heavy atom. The number of halogens is 1. The van der Waals surface area contributed by atoms with Crippen LogP contribution in [0.1, 0.15) is 17.5 Å². The topological polar surface area (TPSA) is 49.8 Å². The molecule has 0 aliphatic heterocycles. The summed E-state index contributed by atoms with van der Waals surface area (Å²) in [6, 6.07) is 6.39. The molecule has 0 aliphatic carbocycles. The first-order valence-corrected chi connectivity index (χ1v) is 4.16. The van der Waals surface area contributed by atoms with Gasteiger partial charge in [0.05, 0.1) is 5.56 Å². The highest BCUT2D eigenvalue weighted by Gasteiger charge is 2.01. The summed E-state index contributed by atoms with van der Waals surface area (Å²) in [5, 5.41) is 8.55. The average Bonchev–Trinajstić information content (AvgIpc) is 2.16. The summed E-state index contributed by atoms with van der Waals surface area (Å²) in [5.41, 5.74) is 6.41. The second-order valence-corrected chi connectivity index (χ2v) is 2.82. The molecule has 0 heterocycles. The van der Waals surface area contributed by atoms with Gasteiger partial charge in [-0.15, -0.1) is 0 Å². The number of rotatable bonds is 3. The minimum Gasteiger partial charge on any atom is -0.330 e. The lowest BCUT2D eigenvalue weighted by Gasteiger charge is -2.00. The van der Waals surface area contributed by atoms with Crippen LogP contribution in [0.3, 0.4) is 0 Å². The van der Waals surface area contributed by atoms with Crippen LogP contribution in [0, 0.1) is 17.1 Å². The van der Waals surface area contributed by atoms with Crippen molar-refractivity contribution in [2.24, 2.45) is 5.73 Å². The molecule has 0 aliphatic rings. The predicted octanol–water partition coefficient (Wildman–Crippen LogP) is 1.59. The first-order chi connectivity index (χ1) is 6.27. The van der Waals surface area contributed by atoms with Crippen LogP contribution in [0.5, 0.6) is 0 Å². The number of nitriles is 1. The number of hydrogen-bond acceptors (Lipinski definition) is 2. The lowest BCUT2D eigenvalue weighted by molar-refractivity contribution is 0.622. The molecule has 0 bridgehead atoms. The van der Waals surface area contributed by atoms with Crippen LogP contribution in [0.4, 0.5) is 4.39 Å². The summed E-state index contributed by atoms with van der Waals surface area (Å²) in [6.07, 6.45) is 1.65. The molecule has 2 nitrogen and oxygen atoms in total. The van der Waals surface area contributed by atoms with Crippen molar-refractivity contribution in [1.29, 1.82) is 5.26 Å². The van der Waals surface area contributed by atoms with Crippen LogP contribution in [0.15, 0.2) is 18.2 Å². The number of aryl methyl sites for hydroxylation is 1. The molecule has 0 aromatic heterocycles. The summed E-state index contributed by atoms with van der Waals surface area (Å²) in [6.45, 7) is 0.610. The zero-order valence-corrected chi connectivity index (χ0v) is 7.26. The Hall–Kier alpha value is -1.40. The molecule has 0 saturated carbocycles. The van der Waals surface area contributed by atoms with Gasteiger partial charge in [0.25, 0.3) is 0 Å². The molecular weight excluding hydrogens is 167 g/mol. The summed E-state index contributed by atoms with van der Waals surface area (Å²) < 4.78 is 12.8. The molecule has 2 N–H and O–H groups in total. The molecule has 13 heavy (non-hydrogen) atoms. The van der Waals surface area contributed by atoms with Crippen LogP contribution in [0.25, 0.3) is 0 Å². The van der Waals surface area contributed by atoms with E-state index in [1.165, 1.54) is 6.07 Å². The molecule has 0 atom stereocenters. The highest BCUT2D eigenvalue weighted by Crippen LogP contribution is 2.10. The van der Waals surface area contributed by atoms with Gasteiger partial charge in [-0.25, -0.2) is 4.39 Å². The molecule has 1 aromatic carbocycles. The highest BCUT2D eigenvalue weighted by molar-refractivity contribution is 5.34. The zero-order chi connectivity index (χ0) is 9.68. The summed E-state index contributed by atoms with van der Waals surface area (Å²) in [5.74, 6) is -0.459. The van der Waals surface area contributed by atoms with Crippen LogP contribution < -0.4 is 5.73 Å². The number of hydrogen-bond donors (Lipinski definition) is 1. The smallest absolute Gasteiger partial charge is 0.140 e. The Morgan fingerprint density at radius 3 is 2.85 bits per heavy atom. The molecule has 0 amide bonds. The van der Waals surface area contributed by atoms with Gasteiger partial charge in [-0.1, -0.05) is 6.07 Å². The number of nitrogens with two attached hydrogens (primary N) is 1. The fraction of sp³-hybridized carbons (Fsp3) is 0.300. The highest BCUT2D eigenvalue weighted by atomic mass is 19.1. The van der Waals surface area contributed by atoms with Crippen molar-refractivity contribution >= 4 is 0 Å². The number of nitrogens with zero attached hydrogens (tertiary/aromatic N) is 1. The van der Waals surface area contributed by atoms with Crippen molar-refractivity contribution < 1.29 is 4.39 Å². The third-order valence-electron chi connectivity index (χ3n) is 1.82. The van der Waals surface area contributed by atoms with Crippen molar-refractivity contribution in [3.05, 3.63) is 35.1 Å². The lowest BCUT2D eigenvalue weighted by atomic mass is 10.1. The van der Waals surface area contributed by atoms with Gasteiger partial charge >= 0.3 is 0 Å². The van der Waals surface area contributed by atoms with Crippen molar-refractivity contribution in [3.8, 4) is 6.07 Å². The Labute approximate surface area is 76.8 Å². The van der Waals surface area contributed by atoms with Gasteiger partial charge in [-0.3, -0.25) is 0 Å². The van der Waals surface area contributed by atoms with Gasteiger partial charge in [-0.05, 0) is 37.1 Å². The van der Waals surface area contributed by atoms with Gasteiger partial charge in [0.15, 0.2) is 0 Å². The van der Waals surface area contributed by atoms with Crippen LogP contribution >= 0.6 is 0 Å². The van der Waals surface area contributed by atoms with E-state index in [9.17, 15) is 4.39 Å². The first-order valence-electron chi connectivity index (χ1n) is 4.16. The SMILES string of the molecule is N#Cc1cc(CCCN)ccc1F. The van der Waals surface area contributed by atoms with Crippen molar-refractivity contribution in [1.82, 2.24) is 0 Å². The average molecular weight is 178 g/mol. The van der Waals surface area contributed by atoms with E-state index in [1.54, 1.807) is 18.2 Å². The zero-order valence-electron chi connectivity index (χ0n) is 7.26. The largest absolute Gasteiger partial charge is 0.330 e. The van der Waals surface area contributed by atoms with Crippen molar-refractivity contribution in [3.63, 3.8) is 0 Å². The minimum atomic E-state index is -0.459. The fourth-order valence-electron chi connectivity index (χ4n) is 1.12. The quantitative estimate of drug-likeness (QED) is 0.764. The molecule has 0 saturated heterocycles. The van der Waals surface area contributed by atoms with Gasteiger partial charge < -0.3 is 5.73 Å². The van der Waals surface area contributed by atoms with Crippen LogP contribution in [0.2, 0.25) is 0 Å². The molecule has 68 valence electrons. The Kier molecular flexibility index (Phi) is 3.41. The number of benzene rings is 1. The van der Waals surface area contributed by atoms with Crippen molar-refractivity contribution in [2.45, 2.75) is 12.8 Å². The molecule has 3 heteroatoms. The van der Waals surface area contributed by atoms with E-state index >= 15 is 0 Å². The first kappa shape index (κ1) is 9.69. The summed E-state index contributed by atoms with van der Waals surface area (Å²) >= 11 is 0. The maximum absolute atomic E-state index is 12.8. The Bertz CT molecular complexity index is 328. The Balaban J connectivity index is 2.82. The van der Waals surface area contributed by atoms with Gasteiger partial charge in [0.1, 0.15) is 11.9 Å². The van der Waals surface area contributed by atoms with E-state index in [0.717, 1.165) is 18.4 Å². The van der Waals surface area contributed by atoms with E-state index in [2.05, 4.69) is 0 Å². The molecule has 0 fully saturated rings. The maximum atomic E-state index is 12.8. The van der Waals surface area contributed by atoms with Gasteiger partial charge in [0.2, 0.25) is 0 Å². The van der Waals surface area contributed by atoms with E-state index in [0.29, 0.717) is 6.54 Å². The Morgan fingerprint density at radius 2 is 2.23 bits per heavy atom. The predicted molar refractivity (Wildman–Crippen MR) is 48.5 cm³/mol. The van der Waals surface area contributed by atoms with E-state index in [4.69, 9.17) is 11.0 Å². The molecule has 1 aromatic rings. The van der Waals surface area contributed by atoms with E-state index in [-0.39, 0.29) is 5.56 Å². The molecule has 0 spiro atoms. The van der Waals surface area contributed by atoms with Gasteiger partial charge in [-0.2, -0.15) is 5.26 Å². The summed E-state index contributed by atoms with van der Waals surface area (Å²) in [7, 11) is 0. The van der Waals surface area contributed by atoms with Gasteiger partial charge in [0, 0.05) is 0 Å². The van der Waals surface area contributed by atoms with Crippen LogP contribution in [-0.2, 0) is 6.42 Å².